The van der Waals surface area contributed by atoms with E-state index < -0.39 is 6.10 Å². The Balaban J connectivity index is 1.61. The van der Waals surface area contributed by atoms with Gasteiger partial charge in [0.25, 0.3) is 0 Å². The quantitative estimate of drug-likeness (QED) is 0.935. The van der Waals surface area contributed by atoms with Crippen molar-refractivity contribution in [3.8, 4) is 11.5 Å². The van der Waals surface area contributed by atoms with Crippen molar-refractivity contribution in [2.45, 2.75) is 32.5 Å². The van der Waals surface area contributed by atoms with Crippen LogP contribution in [0.2, 0.25) is 0 Å². The molecule has 3 nitrogen and oxygen atoms in total. The van der Waals surface area contributed by atoms with E-state index in [0.717, 1.165) is 23.5 Å². The lowest BCUT2D eigenvalue weighted by Crippen LogP contribution is -2.22. The van der Waals surface area contributed by atoms with Crippen molar-refractivity contribution in [2.75, 3.05) is 6.61 Å². The summed E-state index contributed by atoms with van der Waals surface area (Å²) in [5.74, 6) is 1.73. The average molecular weight is 284 g/mol. The van der Waals surface area contributed by atoms with Crippen LogP contribution in [0.25, 0.3) is 0 Å². The number of hydrogen-bond donors (Lipinski definition) is 1. The van der Waals surface area contributed by atoms with E-state index in [4.69, 9.17) is 9.47 Å². The third-order valence-corrected chi connectivity index (χ3v) is 3.73. The fourth-order valence-electron chi connectivity index (χ4n) is 2.60. The topological polar surface area (TPSA) is 38.7 Å². The zero-order valence-corrected chi connectivity index (χ0v) is 12.4. The predicted octanol–water partition coefficient (Wildman–Crippen LogP) is 3.43. The van der Waals surface area contributed by atoms with Crippen molar-refractivity contribution in [1.29, 1.82) is 0 Å². The molecule has 0 saturated heterocycles. The first-order valence-corrected chi connectivity index (χ1v) is 7.29. The molecule has 0 saturated carbocycles. The molecule has 1 unspecified atom stereocenters. The molecule has 0 spiro atoms. The summed E-state index contributed by atoms with van der Waals surface area (Å²) in [6, 6.07) is 13.8. The maximum atomic E-state index is 9.59. The van der Waals surface area contributed by atoms with Gasteiger partial charge in [-0.25, -0.2) is 0 Å². The van der Waals surface area contributed by atoms with E-state index in [1.165, 1.54) is 11.1 Å². The van der Waals surface area contributed by atoms with E-state index in [9.17, 15) is 5.11 Å². The van der Waals surface area contributed by atoms with Crippen molar-refractivity contribution < 1.29 is 14.6 Å². The first-order valence-electron chi connectivity index (χ1n) is 7.29. The highest BCUT2D eigenvalue weighted by Crippen LogP contribution is 2.30. The number of benzene rings is 2. The summed E-state index contributed by atoms with van der Waals surface area (Å²) in [6.45, 7) is 4.35. The molecule has 0 aliphatic carbocycles. The van der Waals surface area contributed by atoms with E-state index in [0.29, 0.717) is 6.61 Å². The van der Waals surface area contributed by atoms with Gasteiger partial charge in [-0.15, -0.1) is 0 Å². The lowest BCUT2D eigenvalue weighted by molar-refractivity contribution is 0.148. The maximum absolute atomic E-state index is 9.59. The minimum atomic E-state index is -0.483. The summed E-state index contributed by atoms with van der Waals surface area (Å²) in [5.41, 5.74) is 3.36. The van der Waals surface area contributed by atoms with Gasteiger partial charge in [0.2, 0.25) is 0 Å². The summed E-state index contributed by atoms with van der Waals surface area (Å²) in [4.78, 5) is 0. The molecule has 21 heavy (non-hydrogen) atoms. The standard InChI is InChI=1S/C18H20O3/c1-12-6-7-18-15(8-12)10-17(21-18)11-20-16-5-3-4-14(9-16)13(2)19/h3-9,13,17,19H,10-11H2,1-2H3/t13-,17?/m0/s1. The summed E-state index contributed by atoms with van der Waals surface area (Å²) in [5, 5.41) is 9.59. The van der Waals surface area contributed by atoms with Gasteiger partial charge in [-0.1, -0.05) is 29.8 Å². The summed E-state index contributed by atoms with van der Waals surface area (Å²) in [6.07, 6.45) is 0.452. The first kappa shape index (κ1) is 14.0. The Morgan fingerprint density at radius 1 is 1.29 bits per heavy atom. The molecular formula is C18H20O3. The first-order chi connectivity index (χ1) is 10.1. The van der Waals surface area contributed by atoms with Gasteiger partial charge >= 0.3 is 0 Å². The number of aliphatic hydroxyl groups excluding tert-OH is 1. The fourth-order valence-corrected chi connectivity index (χ4v) is 2.60. The van der Waals surface area contributed by atoms with Gasteiger partial charge < -0.3 is 14.6 Å². The highest BCUT2D eigenvalue weighted by Gasteiger charge is 2.23. The molecule has 1 aliphatic heterocycles. The number of hydrogen-bond acceptors (Lipinski definition) is 3. The highest BCUT2D eigenvalue weighted by atomic mass is 16.5. The Labute approximate surface area is 125 Å². The Bertz CT molecular complexity index is 634. The number of ether oxygens (including phenoxy) is 2. The van der Waals surface area contributed by atoms with Crippen LogP contribution in [-0.2, 0) is 6.42 Å². The second kappa shape index (κ2) is 5.78. The van der Waals surface area contributed by atoms with Crippen LogP contribution in [0.15, 0.2) is 42.5 Å². The van der Waals surface area contributed by atoms with Crippen LogP contribution in [0, 0.1) is 6.92 Å². The third kappa shape index (κ3) is 3.19. The van der Waals surface area contributed by atoms with Gasteiger partial charge in [-0.05, 0) is 43.2 Å². The molecular weight excluding hydrogens is 264 g/mol. The molecule has 1 aliphatic rings. The van der Waals surface area contributed by atoms with Crippen LogP contribution in [0.4, 0.5) is 0 Å². The second-order valence-corrected chi connectivity index (χ2v) is 5.61. The number of aliphatic hydroxyl groups is 1. The smallest absolute Gasteiger partial charge is 0.137 e. The van der Waals surface area contributed by atoms with Crippen molar-refractivity contribution in [3.63, 3.8) is 0 Å². The molecule has 0 fully saturated rings. The second-order valence-electron chi connectivity index (χ2n) is 5.61. The molecule has 1 N–H and O–H groups in total. The molecule has 0 radical (unpaired) electrons. The van der Waals surface area contributed by atoms with Crippen LogP contribution in [0.3, 0.4) is 0 Å². The fraction of sp³-hybridized carbons (Fsp3) is 0.333. The van der Waals surface area contributed by atoms with Gasteiger partial charge in [-0.3, -0.25) is 0 Å². The van der Waals surface area contributed by atoms with E-state index in [2.05, 4.69) is 19.1 Å². The molecule has 2 atom stereocenters. The molecule has 3 heteroatoms. The minimum absolute atomic E-state index is 0.0528. The molecule has 1 heterocycles. The molecule has 2 aromatic carbocycles. The Kier molecular flexibility index (Phi) is 3.84. The highest BCUT2D eigenvalue weighted by molar-refractivity contribution is 5.40. The molecule has 0 amide bonds. The van der Waals surface area contributed by atoms with E-state index in [-0.39, 0.29) is 6.10 Å². The summed E-state index contributed by atoms with van der Waals surface area (Å²) < 4.78 is 11.7. The van der Waals surface area contributed by atoms with E-state index >= 15 is 0 Å². The molecule has 110 valence electrons. The van der Waals surface area contributed by atoms with E-state index in [1.807, 2.05) is 30.3 Å². The largest absolute Gasteiger partial charge is 0.490 e. The van der Waals surface area contributed by atoms with Crippen molar-refractivity contribution in [2.24, 2.45) is 0 Å². The third-order valence-electron chi connectivity index (χ3n) is 3.73. The van der Waals surface area contributed by atoms with Gasteiger partial charge in [0.15, 0.2) is 0 Å². The SMILES string of the molecule is Cc1ccc2c(c1)CC(COc1cccc([C@H](C)O)c1)O2. The molecule has 0 bridgehead atoms. The van der Waals surface area contributed by atoms with Crippen LogP contribution < -0.4 is 9.47 Å². The van der Waals surface area contributed by atoms with Gasteiger partial charge in [0.1, 0.15) is 24.2 Å². The minimum Gasteiger partial charge on any atom is -0.490 e. The molecule has 0 aromatic heterocycles. The molecule has 2 aromatic rings. The van der Waals surface area contributed by atoms with E-state index in [1.54, 1.807) is 6.92 Å². The van der Waals surface area contributed by atoms with Gasteiger partial charge in [0, 0.05) is 6.42 Å². The zero-order valence-electron chi connectivity index (χ0n) is 12.4. The Hall–Kier alpha value is -2.00. The van der Waals surface area contributed by atoms with Crippen LogP contribution in [0.5, 0.6) is 11.5 Å². The summed E-state index contributed by atoms with van der Waals surface area (Å²) >= 11 is 0. The van der Waals surface area contributed by atoms with Crippen LogP contribution in [-0.4, -0.2) is 17.8 Å². The number of rotatable bonds is 4. The molecule has 3 rings (SSSR count). The van der Waals surface area contributed by atoms with Crippen molar-refractivity contribution >= 4 is 0 Å². The average Bonchev–Trinajstić information content (AvgIpc) is 2.87. The lowest BCUT2D eigenvalue weighted by atomic mass is 10.1. The Morgan fingerprint density at radius 3 is 2.95 bits per heavy atom. The van der Waals surface area contributed by atoms with Crippen LogP contribution in [0.1, 0.15) is 29.7 Å². The van der Waals surface area contributed by atoms with Gasteiger partial charge in [0.05, 0.1) is 6.10 Å². The monoisotopic (exact) mass is 284 g/mol. The van der Waals surface area contributed by atoms with Crippen molar-refractivity contribution in [3.05, 3.63) is 59.2 Å². The van der Waals surface area contributed by atoms with Gasteiger partial charge in [-0.2, -0.15) is 0 Å². The number of aryl methyl sites for hydroxylation is 1. The van der Waals surface area contributed by atoms with Crippen LogP contribution >= 0.6 is 0 Å². The predicted molar refractivity (Wildman–Crippen MR) is 81.9 cm³/mol. The Morgan fingerprint density at radius 2 is 2.14 bits per heavy atom. The summed E-state index contributed by atoms with van der Waals surface area (Å²) in [7, 11) is 0. The maximum Gasteiger partial charge on any atom is 0.137 e. The number of fused-ring (bicyclic) bond motifs is 1. The lowest BCUT2D eigenvalue weighted by Gasteiger charge is -2.13. The van der Waals surface area contributed by atoms with Crippen molar-refractivity contribution in [1.82, 2.24) is 0 Å². The normalized spacial score (nSPS) is 18.0. The zero-order chi connectivity index (χ0) is 14.8.